The van der Waals surface area contributed by atoms with Gasteiger partial charge in [-0.25, -0.2) is 4.98 Å². The van der Waals surface area contributed by atoms with Gasteiger partial charge in [0.05, 0.1) is 0 Å². The van der Waals surface area contributed by atoms with Gasteiger partial charge in [0.2, 0.25) is 0 Å². The zero-order valence-corrected chi connectivity index (χ0v) is 18.7. The van der Waals surface area contributed by atoms with Gasteiger partial charge >= 0.3 is 6.18 Å². The zero-order chi connectivity index (χ0) is 22.4. The first-order valence-corrected chi connectivity index (χ1v) is 11.0. The van der Waals surface area contributed by atoms with Crippen molar-refractivity contribution in [3.8, 4) is 0 Å². The van der Waals surface area contributed by atoms with Gasteiger partial charge < -0.3 is 20.0 Å². The molecule has 0 amide bonds. The topological polar surface area (TPSA) is 50.2 Å². The smallest absolute Gasteiger partial charge is 0.354 e. The number of aliphatic imine (C=N–C) groups is 1. The van der Waals surface area contributed by atoms with Crippen LogP contribution >= 0.6 is 0 Å². The summed E-state index contributed by atoms with van der Waals surface area (Å²) < 4.78 is 38.9. The van der Waals surface area contributed by atoms with E-state index >= 15 is 0 Å². The highest BCUT2D eigenvalue weighted by Gasteiger charge is 2.41. The zero-order valence-electron chi connectivity index (χ0n) is 18.7. The average Bonchev–Trinajstić information content (AvgIpc) is 2.79. The molecular weight excluding hydrogens is 407 g/mol. The maximum atomic E-state index is 13.0. The lowest BCUT2D eigenvalue weighted by Crippen LogP contribution is -2.56. The molecule has 0 radical (unpaired) electrons. The molecule has 174 valence electrons. The molecule has 3 heterocycles. The fourth-order valence-corrected chi connectivity index (χ4v) is 4.08. The second-order valence-electron chi connectivity index (χ2n) is 8.08. The Hall–Kier alpha value is -2.07. The molecule has 10 heteroatoms. The molecular formula is C21H34F3N7. The van der Waals surface area contributed by atoms with Crippen LogP contribution < -0.4 is 10.2 Å². The van der Waals surface area contributed by atoms with E-state index in [1.54, 1.807) is 7.05 Å². The minimum atomic E-state index is -4.19. The number of aromatic nitrogens is 1. The molecule has 3 rings (SSSR count). The third kappa shape index (κ3) is 6.22. The van der Waals surface area contributed by atoms with Crippen LogP contribution in [0, 0.1) is 0 Å². The number of anilines is 1. The lowest BCUT2D eigenvalue weighted by Gasteiger charge is -2.39. The third-order valence-corrected chi connectivity index (χ3v) is 6.25. The Morgan fingerprint density at radius 1 is 1.13 bits per heavy atom. The number of hydrogen-bond acceptors (Lipinski definition) is 5. The van der Waals surface area contributed by atoms with E-state index in [9.17, 15) is 13.2 Å². The lowest BCUT2D eigenvalue weighted by atomic mass is 10.2. The molecule has 1 atom stereocenters. The van der Waals surface area contributed by atoms with Gasteiger partial charge in [0.25, 0.3) is 0 Å². The molecule has 2 aliphatic rings. The summed E-state index contributed by atoms with van der Waals surface area (Å²) in [5.41, 5.74) is 1.11. The number of alkyl halides is 3. The summed E-state index contributed by atoms with van der Waals surface area (Å²) in [5, 5.41) is 3.36. The number of likely N-dealkylation sites (N-methyl/N-ethyl adjacent to an activating group) is 1. The first-order valence-electron chi connectivity index (χ1n) is 11.0. The molecule has 31 heavy (non-hydrogen) atoms. The molecule has 1 unspecified atom stereocenters. The molecule has 2 aliphatic heterocycles. The van der Waals surface area contributed by atoms with Crippen LogP contribution in [0.3, 0.4) is 0 Å². The highest BCUT2D eigenvalue weighted by Crippen LogP contribution is 2.25. The quantitative estimate of drug-likeness (QED) is 0.556. The number of nitrogens with one attached hydrogen (secondary N) is 1. The predicted molar refractivity (Wildman–Crippen MR) is 117 cm³/mol. The number of hydrogen-bond donors (Lipinski definition) is 1. The second-order valence-corrected chi connectivity index (χ2v) is 8.08. The van der Waals surface area contributed by atoms with Crippen molar-refractivity contribution in [1.82, 2.24) is 25.0 Å². The van der Waals surface area contributed by atoms with Crippen LogP contribution in [0.5, 0.6) is 0 Å². The Kier molecular flexibility index (Phi) is 7.99. The summed E-state index contributed by atoms with van der Waals surface area (Å²) in [6.45, 7) is 10.9. The van der Waals surface area contributed by atoms with E-state index in [2.05, 4.69) is 38.1 Å². The Labute approximate surface area is 182 Å². The largest absolute Gasteiger partial charge is 0.403 e. The molecule has 1 aromatic rings. The summed E-state index contributed by atoms with van der Waals surface area (Å²) in [6, 6.07) is 2.67. The third-order valence-electron chi connectivity index (χ3n) is 6.25. The first kappa shape index (κ1) is 23.6. The van der Waals surface area contributed by atoms with Crippen LogP contribution in [0.1, 0.15) is 19.4 Å². The Bertz CT molecular complexity index is 724. The van der Waals surface area contributed by atoms with Crippen LogP contribution in [-0.2, 0) is 6.54 Å². The van der Waals surface area contributed by atoms with Gasteiger partial charge in [0.15, 0.2) is 5.96 Å². The van der Waals surface area contributed by atoms with Crippen molar-refractivity contribution in [3.05, 3.63) is 23.9 Å². The van der Waals surface area contributed by atoms with Crippen LogP contribution in [0.4, 0.5) is 19.0 Å². The van der Waals surface area contributed by atoms with Gasteiger partial charge in [-0.2, -0.15) is 13.2 Å². The van der Waals surface area contributed by atoms with Crippen LogP contribution in [0.15, 0.2) is 23.3 Å². The standard InChI is InChI=1S/C21H34F3N7/c1-4-28-7-9-30(10-8-28)19-15-18(5-6-26-19)16-27-20(25-3)31-13-11-29(12-14-31)17(2)21(22,23)24/h5-6,15,17H,4,7-14,16H2,1-3H3,(H,25,27). The fourth-order valence-electron chi connectivity index (χ4n) is 4.08. The summed E-state index contributed by atoms with van der Waals surface area (Å²) in [6.07, 6.45) is -2.36. The molecule has 1 aromatic heterocycles. The van der Waals surface area contributed by atoms with Gasteiger partial charge in [-0.3, -0.25) is 9.89 Å². The molecule has 1 N–H and O–H groups in total. The van der Waals surface area contributed by atoms with E-state index in [0.29, 0.717) is 38.7 Å². The van der Waals surface area contributed by atoms with Gasteiger partial charge in [-0.1, -0.05) is 6.92 Å². The highest BCUT2D eigenvalue weighted by molar-refractivity contribution is 5.80. The van der Waals surface area contributed by atoms with Crippen molar-refractivity contribution < 1.29 is 13.2 Å². The number of rotatable bonds is 5. The minimum absolute atomic E-state index is 0.366. The summed E-state index contributed by atoms with van der Waals surface area (Å²) >= 11 is 0. The van der Waals surface area contributed by atoms with Crippen LogP contribution in [-0.4, -0.2) is 104 Å². The molecule has 2 saturated heterocycles. The van der Waals surface area contributed by atoms with Gasteiger partial charge in [-0.15, -0.1) is 0 Å². The number of piperazine rings is 2. The maximum Gasteiger partial charge on any atom is 0.403 e. The number of nitrogens with zero attached hydrogens (tertiary/aromatic N) is 6. The fraction of sp³-hybridized carbons (Fsp3) is 0.714. The van der Waals surface area contributed by atoms with Gasteiger partial charge in [-0.05, 0) is 31.2 Å². The van der Waals surface area contributed by atoms with Crippen molar-refractivity contribution >= 4 is 11.8 Å². The van der Waals surface area contributed by atoms with Crippen molar-refractivity contribution in [1.29, 1.82) is 0 Å². The predicted octanol–water partition coefficient (Wildman–Crippen LogP) is 1.87. The van der Waals surface area contributed by atoms with Gasteiger partial charge in [0, 0.05) is 72.1 Å². The number of guanidine groups is 1. The van der Waals surface area contributed by atoms with E-state index in [1.807, 2.05) is 17.2 Å². The Morgan fingerprint density at radius 2 is 1.81 bits per heavy atom. The Balaban J connectivity index is 1.51. The summed E-state index contributed by atoms with van der Waals surface area (Å²) in [4.78, 5) is 17.1. The van der Waals surface area contributed by atoms with Crippen molar-refractivity contribution in [2.75, 3.05) is 70.9 Å². The molecule has 0 aromatic carbocycles. The number of halogens is 3. The van der Waals surface area contributed by atoms with E-state index in [1.165, 1.54) is 11.8 Å². The summed E-state index contributed by atoms with van der Waals surface area (Å²) in [7, 11) is 1.71. The molecule has 0 spiro atoms. The normalized spacial score (nSPS) is 20.8. The lowest BCUT2D eigenvalue weighted by molar-refractivity contribution is -0.181. The SMILES string of the molecule is CCN1CCN(c2cc(CNC(=NC)N3CCN(C(C)C(F)(F)F)CC3)ccn2)CC1. The molecule has 0 bridgehead atoms. The van der Waals surface area contributed by atoms with E-state index in [0.717, 1.165) is 44.1 Å². The molecule has 2 fully saturated rings. The average molecular weight is 442 g/mol. The monoisotopic (exact) mass is 441 g/mol. The first-order chi connectivity index (χ1) is 14.8. The van der Waals surface area contributed by atoms with Crippen LogP contribution in [0.25, 0.3) is 0 Å². The second kappa shape index (κ2) is 10.5. The number of pyridine rings is 1. The molecule has 0 aliphatic carbocycles. The molecule has 7 nitrogen and oxygen atoms in total. The highest BCUT2D eigenvalue weighted by atomic mass is 19.4. The Morgan fingerprint density at radius 3 is 2.39 bits per heavy atom. The van der Waals surface area contributed by atoms with Crippen molar-refractivity contribution in [2.45, 2.75) is 32.6 Å². The minimum Gasteiger partial charge on any atom is -0.354 e. The van der Waals surface area contributed by atoms with E-state index < -0.39 is 12.2 Å². The maximum absolute atomic E-state index is 13.0. The summed E-state index contributed by atoms with van der Waals surface area (Å²) in [5.74, 6) is 1.70. The van der Waals surface area contributed by atoms with E-state index in [-0.39, 0.29) is 0 Å². The van der Waals surface area contributed by atoms with Gasteiger partial charge in [0.1, 0.15) is 11.9 Å². The molecule has 0 saturated carbocycles. The van der Waals surface area contributed by atoms with Crippen molar-refractivity contribution in [2.24, 2.45) is 4.99 Å². The van der Waals surface area contributed by atoms with E-state index in [4.69, 9.17) is 0 Å². The van der Waals surface area contributed by atoms with Crippen LogP contribution in [0.2, 0.25) is 0 Å². The van der Waals surface area contributed by atoms with Crippen molar-refractivity contribution in [3.63, 3.8) is 0 Å².